The van der Waals surface area contributed by atoms with Crippen molar-refractivity contribution in [2.24, 2.45) is 0 Å². The largest absolute Gasteiger partial charge is 0.508 e. The molecule has 1 aliphatic carbocycles. The molecule has 0 spiro atoms. The van der Waals surface area contributed by atoms with Crippen LogP contribution >= 0.6 is 0 Å². The summed E-state index contributed by atoms with van der Waals surface area (Å²) in [4.78, 5) is 26.5. The maximum Gasteiger partial charge on any atom is 0.223 e. The molecular weight excluding hydrogens is 368 g/mol. The molecule has 0 saturated carbocycles. The Bertz CT molecular complexity index is 935. The molecule has 0 bridgehead atoms. The third kappa shape index (κ3) is 4.63. The van der Waals surface area contributed by atoms with Crippen molar-refractivity contribution in [3.8, 4) is 11.5 Å². The predicted molar refractivity (Wildman–Crippen MR) is 112 cm³/mol. The summed E-state index contributed by atoms with van der Waals surface area (Å²) in [5, 5.41) is 19.9. The van der Waals surface area contributed by atoms with Crippen LogP contribution in [0.25, 0.3) is 0 Å². The summed E-state index contributed by atoms with van der Waals surface area (Å²) < 4.78 is 1.81. The summed E-state index contributed by atoms with van der Waals surface area (Å²) >= 11 is 0. The molecule has 1 amide bonds. The number of pyridine rings is 1. The Morgan fingerprint density at radius 1 is 1.28 bits per heavy atom. The van der Waals surface area contributed by atoms with E-state index in [1.165, 1.54) is 6.07 Å². The molecule has 3 rings (SSSR count). The number of aromatic nitrogens is 1. The maximum absolute atomic E-state index is 13.0. The number of phenols is 1. The minimum atomic E-state index is -0.382. The monoisotopic (exact) mass is 398 g/mol. The Labute approximate surface area is 171 Å². The van der Waals surface area contributed by atoms with Gasteiger partial charge in [-0.2, -0.15) is 0 Å². The molecule has 156 valence electrons. The minimum absolute atomic E-state index is 0.142. The molecule has 1 heterocycles. The molecule has 0 fully saturated rings. The molecule has 0 radical (unpaired) electrons. The first kappa shape index (κ1) is 21.0. The zero-order valence-corrected chi connectivity index (χ0v) is 17.2. The normalized spacial score (nSPS) is 15.7. The van der Waals surface area contributed by atoms with Crippen LogP contribution in [-0.2, 0) is 24.2 Å². The number of nitrogens with zero attached hydrogens (tertiary/aromatic N) is 2. The van der Waals surface area contributed by atoms with Crippen molar-refractivity contribution in [2.75, 3.05) is 6.54 Å². The molecular formula is C23H30N2O4. The lowest BCUT2D eigenvalue weighted by atomic mass is 9.86. The lowest BCUT2D eigenvalue weighted by Crippen LogP contribution is -2.43. The number of carbonyl (C=O) groups excluding carboxylic acids is 1. The first-order valence-electron chi connectivity index (χ1n) is 10.4. The van der Waals surface area contributed by atoms with E-state index >= 15 is 0 Å². The lowest BCUT2D eigenvalue weighted by molar-refractivity contribution is -0.134. The van der Waals surface area contributed by atoms with Gasteiger partial charge in [-0.3, -0.25) is 9.59 Å². The van der Waals surface area contributed by atoms with E-state index in [0.717, 1.165) is 43.4 Å². The average Bonchev–Trinajstić information content (AvgIpc) is 2.72. The number of rotatable bonds is 7. The zero-order valence-electron chi connectivity index (χ0n) is 17.2. The summed E-state index contributed by atoms with van der Waals surface area (Å²) in [5.74, 6) is 0.271. The maximum atomic E-state index is 13.0. The van der Waals surface area contributed by atoms with Crippen molar-refractivity contribution in [1.82, 2.24) is 9.47 Å². The topological polar surface area (TPSA) is 82.8 Å². The van der Waals surface area contributed by atoms with Crippen LogP contribution in [0.5, 0.6) is 11.5 Å². The van der Waals surface area contributed by atoms with Crippen molar-refractivity contribution >= 4 is 5.91 Å². The van der Waals surface area contributed by atoms with Gasteiger partial charge < -0.3 is 19.7 Å². The van der Waals surface area contributed by atoms with Crippen LogP contribution in [0, 0.1) is 6.92 Å². The van der Waals surface area contributed by atoms with E-state index in [2.05, 4.69) is 6.92 Å². The Balaban J connectivity index is 1.63. The number of phenolic OH excluding ortho intramolecular Hbond substituents is 1. The number of amides is 1. The summed E-state index contributed by atoms with van der Waals surface area (Å²) in [6.45, 7) is 5.09. The highest BCUT2D eigenvalue weighted by atomic mass is 16.3. The van der Waals surface area contributed by atoms with Crippen LogP contribution in [0.3, 0.4) is 0 Å². The van der Waals surface area contributed by atoms with Gasteiger partial charge in [-0.05, 0) is 56.2 Å². The van der Waals surface area contributed by atoms with Crippen molar-refractivity contribution < 1.29 is 15.0 Å². The van der Waals surface area contributed by atoms with Gasteiger partial charge in [0.05, 0.1) is 5.69 Å². The van der Waals surface area contributed by atoms with Crippen LogP contribution in [0.15, 0.2) is 35.3 Å². The van der Waals surface area contributed by atoms with E-state index in [1.54, 1.807) is 19.2 Å². The van der Waals surface area contributed by atoms with Crippen LogP contribution in [-0.4, -0.2) is 38.2 Å². The first-order valence-corrected chi connectivity index (χ1v) is 10.4. The van der Waals surface area contributed by atoms with E-state index in [-0.39, 0.29) is 23.1 Å². The molecule has 6 heteroatoms. The van der Waals surface area contributed by atoms with Gasteiger partial charge in [0.15, 0.2) is 5.75 Å². The average molecular weight is 399 g/mol. The molecule has 1 atom stereocenters. The van der Waals surface area contributed by atoms with Gasteiger partial charge in [0.2, 0.25) is 11.3 Å². The first-order chi connectivity index (χ1) is 13.9. The number of benzene rings is 1. The molecule has 2 N–H and O–H groups in total. The highest BCUT2D eigenvalue weighted by Crippen LogP contribution is 2.31. The summed E-state index contributed by atoms with van der Waals surface area (Å²) in [6, 6.07) is 7.15. The number of hydrogen-bond acceptors (Lipinski definition) is 4. The van der Waals surface area contributed by atoms with Crippen LogP contribution in [0.1, 0.15) is 49.4 Å². The van der Waals surface area contributed by atoms with Gasteiger partial charge in [0.25, 0.3) is 0 Å². The molecule has 29 heavy (non-hydrogen) atoms. The Morgan fingerprint density at radius 3 is 2.83 bits per heavy atom. The second kappa shape index (κ2) is 9.16. The fourth-order valence-electron chi connectivity index (χ4n) is 4.23. The van der Waals surface area contributed by atoms with Crippen molar-refractivity contribution in [2.45, 2.75) is 65.0 Å². The summed E-state index contributed by atoms with van der Waals surface area (Å²) in [5.41, 5.74) is 2.29. The fourth-order valence-corrected chi connectivity index (χ4v) is 4.23. The van der Waals surface area contributed by atoms with Crippen LogP contribution in [0.2, 0.25) is 0 Å². The molecule has 2 aromatic rings. The van der Waals surface area contributed by atoms with Crippen molar-refractivity contribution in [3.63, 3.8) is 0 Å². The summed E-state index contributed by atoms with van der Waals surface area (Å²) in [6.07, 6.45) is 6.07. The van der Waals surface area contributed by atoms with Gasteiger partial charge in [0, 0.05) is 37.8 Å². The van der Waals surface area contributed by atoms with Gasteiger partial charge in [-0.15, -0.1) is 0 Å². The fraction of sp³-hybridized carbons (Fsp3) is 0.478. The minimum Gasteiger partial charge on any atom is -0.508 e. The van der Waals surface area contributed by atoms with E-state index < -0.39 is 0 Å². The predicted octanol–water partition coefficient (Wildman–Crippen LogP) is 3.14. The number of aromatic hydroxyl groups is 2. The number of hydrogen-bond donors (Lipinski definition) is 2. The third-order valence-corrected chi connectivity index (χ3v) is 5.86. The van der Waals surface area contributed by atoms with Gasteiger partial charge in [0.1, 0.15) is 5.75 Å². The molecule has 1 aliphatic rings. The Hall–Kier alpha value is -2.76. The highest BCUT2D eigenvalue weighted by Gasteiger charge is 2.28. The number of carbonyl (C=O) groups is 1. The van der Waals surface area contributed by atoms with Gasteiger partial charge >= 0.3 is 0 Å². The van der Waals surface area contributed by atoms with E-state index in [4.69, 9.17) is 0 Å². The van der Waals surface area contributed by atoms with Crippen LogP contribution in [0.4, 0.5) is 0 Å². The van der Waals surface area contributed by atoms with Gasteiger partial charge in [-0.1, -0.05) is 19.1 Å². The third-order valence-electron chi connectivity index (χ3n) is 5.86. The standard InChI is InChI=1S/C23H30N2O4/c1-3-12-25(18-9-10-19-17(15-18)6-4-7-20(19)26)22(28)8-5-13-24-14-11-21(27)23(29)16(24)2/h4,6-7,11,14,18,26,29H,3,5,8-10,12-13,15H2,1-2H3/t18-/m0/s1. The van der Waals surface area contributed by atoms with E-state index in [9.17, 15) is 19.8 Å². The number of aryl methyl sites for hydroxylation is 1. The molecule has 1 aromatic carbocycles. The van der Waals surface area contributed by atoms with Crippen molar-refractivity contribution in [3.05, 3.63) is 57.5 Å². The lowest BCUT2D eigenvalue weighted by Gasteiger charge is -2.35. The SMILES string of the molecule is CCCN(C(=O)CCCn1ccc(=O)c(O)c1C)[C@H]1CCc2c(O)cccc2C1. The smallest absolute Gasteiger partial charge is 0.223 e. The molecule has 0 aliphatic heterocycles. The molecule has 0 saturated heterocycles. The van der Waals surface area contributed by atoms with Gasteiger partial charge in [-0.25, -0.2) is 0 Å². The quantitative estimate of drug-likeness (QED) is 0.751. The Kier molecular flexibility index (Phi) is 6.62. The molecule has 6 nitrogen and oxygen atoms in total. The molecule has 1 aromatic heterocycles. The van der Waals surface area contributed by atoms with E-state index in [0.29, 0.717) is 30.8 Å². The van der Waals surface area contributed by atoms with E-state index in [1.807, 2.05) is 21.6 Å². The summed E-state index contributed by atoms with van der Waals surface area (Å²) in [7, 11) is 0. The second-order valence-corrected chi connectivity index (χ2v) is 7.81. The van der Waals surface area contributed by atoms with Crippen LogP contribution < -0.4 is 5.43 Å². The Morgan fingerprint density at radius 2 is 2.07 bits per heavy atom. The zero-order chi connectivity index (χ0) is 21.0. The highest BCUT2D eigenvalue weighted by molar-refractivity contribution is 5.76. The number of fused-ring (bicyclic) bond motifs is 1. The second-order valence-electron chi connectivity index (χ2n) is 7.81. The van der Waals surface area contributed by atoms with Crippen molar-refractivity contribution in [1.29, 1.82) is 0 Å². The molecule has 0 unspecified atom stereocenters.